The van der Waals surface area contributed by atoms with Crippen molar-refractivity contribution in [2.24, 2.45) is 5.92 Å². The van der Waals surface area contributed by atoms with E-state index in [1.54, 1.807) is 6.92 Å². The summed E-state index contributed by atoms with van der Waals surface area (Å²) in [4.78, 5) is 48.8. The summed E-state index contributed by atoms with van der Waals surface area (Å²) in [6, 6.07) is 11.6. The van der Waals surface area contributed by atoms with E-state index in [9.17, 15) is 19.5 Å². The second-order valence-electron chi connectivity index (χ2n) is 12.7. The zero-order valence-electron chi connectivity index (χ0n) is 26.5. The van der Waals surface area contributed by atoms with Crippen LogP contribution in [0.15, 0.2) is 57.6 Å². The molecule has 0 radical (unpaired) electrons. The Balaban J connectivity index is 1.48. The lowest BCUT2D eigenvalue weighted by Crippen LogP contribution is -2.54. The number of carbonyl (C=O) groups is 3. The van der Waals surface area contributed by atoms with Crippen LogP contribution in [0, 0.1) is 5.92 Å². The molecule has 0 aliphatic carbocycles. The summed E-state index contributed by atoms with van der Waals surface area (Å²) >= 11 is 0. The van der Waals surface area contributed by atoms with Crippen molar-refractivity contribution < 1.29 is 37.8 Å². The van der Waals surface area contributed by atoms with Gasteiger partial charge in [0.25, 0.3) is 5.91 Å². The van der Waals surface area contributed by atoms with Crippen molar-refractivity contribution in [1.29, 1.82) is 0 Å². The van der Waals surface area contributed by atoms with Gasteiger partial charge >= 0.3 is 5.97 Å². The van der Waals surface area contributed by atoms with Crippen LogP contribution >= 0.6 is 0 Å². The lowest BCUT2D eigenvalue weighted by atomic mass is 9.72. The molecule has 244 valence electrons. The van der Waals surface area contributed by atoms with Crippen LogP contribution in [-0.4, -0.2) is 57.8 Å². The molecular weight excluding hydrogens is 606 g/mol. The molecule has 5 heterocycles. The molecule has 4 aromatic rings. The lowest BCUT2D eigenvalue weighted by Gasteiger charge is -2.29. The number of aliphatic hydroxyl groups is 1. The molecule has 3 aliphatic heterocycles. The maximum Gasteiger partial charge on any atom is 0.360 e. The van der Waals surface area contributed by atoms with Gasteiger partial charge in [-0.25, -0.2) is 14.8 Å². The number of fused-ring (bicyclic) bond motifs is 4. The van der Waals surface area contributed by atoms with Crippen molar-refractivity contribution in [2.75, 3.05) is 12.4 Å². The number of hydrogen-bond donors (Lipinski definition) is 4. The molecule has 2 amide bonds. The molecule has 5 atom stereocenters. The zero-order valence-corrected chi connectivity index (χ0v) is 26.5. The number of hydrogen-bond acceptors (Lipinski definition) is 11. The van der Waals surface area contributed by atoms with E-state index in [-0.39, 0.29) is 41.9 Å². The third-order valence-electron chi connectivity index (χ3n) is 9.32. The molecule has 0 saturated heterocycles. The van der Waals surface area contributed by atoms with E-state index in [0.717, 1.165) is 22.4 Å². The van der Waals surface area contributed by atoms with Crippen molar-refractivity contribution in [1.82, 2.24) is 20.6 Å². The van der Waals surface area contributed by atoms with E-state index in [2.05, 4.69) is 20.9 Å². The number of nitrogens with one attached hydrogen (secondary N) is 3. The van der Waals surface area contributed by atoms with Gasteiger partial charge in [0.1, 0.15) is 35.1 Å². The van der Waals surface area contributed by atoms with Gasteiger partial charge in [-0.1, -0.05) is 51.1 Å². The summed E-state index contributed by atoms with van der Waals surface area (Å²) in [6.45, 7) is 6.92. The number of benzene rings is 2. The molecule has 2 aromatic carbocycles. The van der Waals surface area contributed by atoms with Crippen LogP contribution in [0.25, 0.3) is 11.6 Å². The third kappa shape index (κ3) is 4.67. The van der Waals surface area contributed by atoms with Gasteiger partial charge in [0.05, 0.1) is 7.11 Å². The van der Waals surface area contributed by atoms with E-state index in [1.807, 2.05) is 56.3 Å². The summed E-state index contributed by atoms with van der Waals surface area (Å²) in [5, 5.41) is 20.0. The number of rotatable bonds is 6. The molecule has 47 heavy (non-hydrogen) atoms. The molecule has 13 heteroatoms. The van der Waals surface area contributed by atoms with E-state index >= 15 is 0 Å². The molecule has 0 saturated carbocycles. The first-order valence-corrected chi connectivity index (χ1v) is 15.5. The molecule has 7 rings (SSSR count). The van der Waals surface area contributed by atoms with Crippen molar-refractivity contribution in [2.45, 2.75) is 69.9 Å². The largest absolute Gasteiger partial charge is 0.469 e. The number of para-hydroxylation sites is 1. The normalized spacial score (nSPS) is 23.6. The van der Waals surface area contributed by atoms with Crippen molar-refractivity contribution in [3.05, 3.63) is 82.8 Å². The standard InChI is InChI=1S/C34H35N5O8/c1-6-33(4,43)31(42)36-21-14-17-11-12-23-19(13-17)34(18-9-7-8-10-20(18)37-32(34)46-23)26-25(28-35-22(15-45-28)30(41)44-5)39-29(47-26)24(16(2)3)38-27(21)40/h7-13,15-16,21,24,32,37,43H,6,14H2,1-5H3,(H,36,42)(H,38,40)/t21-,24-,32?,33?,34?/m0/s1. The highest BCUT2D eigenvalue weighted by Gasteiger charge is 2.61. The van der Waals surface area contributed by atoms with Gasteiger partial charge in [0.2, 0.25) is 17.7 Å². The first-order valence-electron chi connectivity index (χ1n) is 15.5. The lowest BCUT2D eigenvalue weighted by molar-refractivity contribution is -0.141. The maximum atomic E-state index is 14.0. The Morgan fingerprint density at radius 1 is 1.17 bits per heavy atom. The van der Waals surface area contributed by atoms with E-state index < -0.39 is 47.1 Å². The number of carbonyl (C=O) groups excluding carboxylic acids is 3. The average molecular weight is 642 g/mol. The molecular formula is C34H35N5O8. The predicted molar refractivity (Wildman–Crippen MR) is 166 cm³/mol. The van der Waals surface area contributed by atoms with Gasteiger partial charge in [-0.2, -0.15) is 0 Å². The second kappa shape index (κ2) is 11.0. The van der Waals surface area contributed by atoms with E-state index in [4.69, 9.17) is 23.3 Å². The Hall–Kier alpha value is -5.17. The van der Waals surface area contributed by atoms with Crippen molar-refractivity contribution in [3.8, 4) is 17.3 Å². The molecule has 3 aliphatic rings. The number of amides is 2. The Morgan fingerprint density at radius 2 is 1.96 bits per heavy atom. The highest BCUT2D eigenvalue weighted by atomic mass is 16.5. The molecule has 0 fully saturated rings. The van der Waals surface area contributed by atoms with Crippen LogP contribution in [0.3, 0.4) is 0 Å². The number of ether oxygens (including phenoxy) is 2. The highest BCUT2D eigenvalue weighted by Crippen LogP contribution is 2.59. The summed E-state index contributed by atoms with van der Waals surface area (Å²) in [5.41, 5.74) is 0.573. The van der Waals surface area contributed by atoms with Gasteiger partial charge in [-0.3, -0.25) is 9.59 Å². The summed E-state index contributed by atoms with van der Waals surface area (Å²) in [6.07, 6.45) is 0.826. The molecule has 4 bridgehead atoms. The Kier molecular flexibility index (Phi) is 7.12. The second-order valence-corrected chi connectivity index (χ2v) is 12.7. The molecule has 3 unspecified atom stereocenters. The van der Waals surface area contributed by atoms with Crippen LogP contribution in [0.5, 0.6) is 5.75 Å². The monoisotopic (exact) mass is 641 g/mol. The fourth-order valence-electron chi connectivity index (χ4n) is 6.50. The highest BCUT2D eigenvalue weighted by molar-refractivity contribution is 5.91. The van der Waals surface area contributed by atoms with Crippen molar-refractivity contribution >= 4 is 23.5 Å². The zero-order chi connectivity index (χ0) is 33.2. The van der Waals surface area contributed by atoms with E-state index in [0.29, 0.717) is 11.5 Å². The summed E-state index contributed by atoms with van der Waals surface area (Å²) < 4.78 is 24.0. The summed E-state index contributed by atoms with van der Waals surface area (Å²) in [7, 11) is 1.25. The fraction of sp³-hybridized carbons (Fsp3) is 0.382. The first kappa shape index (κ1) is 30.5. The molecule has 2 aromatic heterocycles. The van der Waals surface area contributed by atoms with Crippen LogP contribution in [0.4, 0.5) is 5.69 Å². The molecule has 13 nitrogen and oxygen atoms in total. The predicted octanol–water partition coefficient (Wildman–Crippen LogP) is 3.61. The smallest absolute Gasteiger partial charge is 0.360 e. The minimum atomic E-state index is -1.67. The number of esters is 1. The number of methoxy groups -OCH3 is 1. The third-order valence-corrected chi connectivity index (χ3v) is 9.32. The Labute approximate surface area is 270 Å². The van der Waals surface area contributed by atoms with Gasteiger partial charge in [0.15, 0.2) is 23.4 Å². The van der Waals surface area contributed by atoms with Gasteiger partial charge in [-0.15, -0.1) is 0 Å². The SMILES string of the molecule is CCC(C)(O)C(=O)N[C@H]1Cc2ccc3c(c2)C2(c4ccccc4NC2O3)c2oc(nc2-c2nc(C(=O)OC)co2)[C@H](C(C)C)NC1=O. The minimum absolute atomic E-state index is 0.0214. The van der Waals surface area contributed by atoms with Crippen LogP contribution in [-0.2, 0) is 26.2 Å². The van der Waals surface area contributed by atoms with Gasteiger partial charge in [-0.05, 0) is 42.5 Å². The van der Waals surface area contributed by atoms with Crippen LogP contribution in [0.1, 0.15) is 79.0 Å². The van der Waals surface area contributed by atoms with Gasteiger partial charge < -0.3 is 39.4 Å². The topological polar surface area (TPSA) is 178 Å². The molecule has 4 N–H and O–H groups in total. The van der Waals surface area contributed by atoms with Crippen LogP contribution in [0.2, 0.25) is 0 Å². The Morgan fingerprint density at radius 3 is 2.70 bits per heavy atom. The average Bonchev–Trinajstić information content (AvgIpc) is 3.83. The number of oxazole rings is 2. The fourth-order valence-corrected chi connectivity index (χ4v) is 6.50. The number of nitrogens with zero attached hydrogens (tertiary/aromatic N) is 2. The minimum Gasteiger partial charge on any atom is -0.469 e. The van der Waals surface area contributed by atoms with Crippen molar-refractivity contribution in [3.63, 3.8) is 0 Å². The Bertz CT molecular complexity index is 1910. The number of aromatic nitrogens is 2. The summed E-state index contributed by atoms with van der Waals surface area (Å²) in [5.74, 6) is -0.903. The quantitative estimate of drug-likeness (QED) is 0.226. The van der Waals surface area contributed by atoms with Crippen LogP contribution < -0.4 is 20.7 Å². The van der Waals surface area contributed by atoms with Gasteiger partial charge in [0, 0.05) is 17.7 Å². The number of anilines is 1. The molecule has 1 spiro atoms. The first-order chi connectivity index (χ1) is 22.5. The van der Waals surface area contributed by atoms with E-state index in [1.165, 1.54) is 20.3 Å². The maximum absolute atomic E-state index is 14.0.